The van der Waals surface area contributed by atoms with E-state index in [0.29, 0.717) is 0 Å². The van der Waals surface area contributed by atoms with Crippen molar-refractivity contribution in [2.24, 2.45) is 0 Å². The van der Waals surface area contributed by atoms with Crippen LogP contribution in [-0.2, 0) is 6.42 Å². The molecule has 1 aromatic rings. The zero-order chi connectivity index (χ0) is 12.2. The third-order valence-electron chi connectivity index (χ3n) is 3.14. The van der Waals surface area contributed by atoms with Crippen LogP contribution in [0.4, 0.5) is 0 Å². The Balaban J connectivity index is 1.85. The Morgan fingerprint density at radius 3 is 2.29 bits per heavy atom. The van der Waals surface area contributed by atoms with Crippen molar-refractivity contribution in [1.82, 2.24) is 0 Å². The normalized spacial score (nSPS) is 11.4. The van der Waals surface area contributed by atoms with Gasteiger partial charge in [0.2, 0.25) is 0 Å². The molecule has 0 nitrogen and oxygen atoms in total. The summed E-state index contributed by atoms with van der Waals surface area (Å²) >= 11 is 0. The molecule has 17 heavy (non-hydrogen) atoms. The highest BCUT2D eigenvalue weighted by Crippen LogP contribution is 2.16. The number of unbranched alkanes of at least 4 members (excludes halogenated alkanes) is 5. The molecule has 96 valence electrons. The molecule has 1 heteroatoms. The largest absolute Gasteiger partial charge is 0.122 e. The van der Waals surface area contributed by atoms with E-state index in [9.17, 15) is 0 Å². The van der Waals surface area contributed by atoms with E-state index in [2.05, 4.69) is 37.3 Å². The molecule has 1 unspecified atom stereocenters. The molecule has 0 saturated heterocycles. The summed E-state index contributed by atoms with van der Waals surface area (Å²) in [7, 11) is 1.17. The lowest BCUT2D eigenvalue weighted by molar-refractivity contribution is 0.626. The van der Waals surface area contributed by atoms with E-state index < -0.39 is 0 Å². The lowest BCUT2D eigenvalue weighted by Crippen LogP contribution is -1.88. The maximum atomic E-state index is 2.28. The maximum absolute atomic E-state index is 2.28. The molecule has 0 fully saturated rings. The molecule has 0 spiro atoms. The van der Waals surface area contributed by atoms with Gasteiger partial charge in [0, 0.05) is 0 Å². The average Bonchev–Trinajstić information content (AvgIpc) is 2.38. The van der Waals surface area contributed by atoms with Crippen LogP contribution in [0.25, 0.3) is 0 Å². The summed E-state index contributed by atoms with van der Waals surface area (Å²) < 4.78 is 0. The third-order valence-corrected chi connectivity index (χ3v) is 4.45. The molecule has 0 heterocycles. The predicted octanol–water partition coefficient (Wildman–Crippen LogP) is 5.27. The molecular formula is C16H27P. The minimum Gasteiger partial charge on any atom is -0.122 e. The molecule has 0 N–H and O–H groups in total. The minimum atomic E-state index is 1.17. The van der Waals surface area contributed by atoms with Gasteiger partial charge in [-0.1, -0.05) is 69.4 Å². The first kappa shape index (κ1) is 14.7. The molecule has 0 amide bonds. The van der Waals surface area contributed by atoms with Crippen molar-refractivity contribution >= 4 is 8.58 Å². The quantitative estimate of drug-likeness (QED) is 0.392. The maximum Gasteiger partial charge on any atom is -0.0242 e. The van der Waals surface area contributed by atoms with Crippen molar-refractivity contribution in [2.45, 2.75) is 51.9 Å². The molecule has 0 aliphatic rings. The van der Waals surface area contributed by atoms with E-state index in [0.717, 1.165) is 0 Å². The fourth-order valence-corrected chi connectivity index (χ4v) is 3.25. The SMILES string of the molecule is CCCCCCCCPCCc1ccccc1. The molecule has 0 aliphatic carbocycles. The molecule has 0 aromatic heterocycles. The monoisotopic (exact) mass is 250 g/mol. The summed E-state index contributed by atoms with van der Waals surface area (Å²) in [5.74, 6) is 0. The van der Waals surface area contributed by atoms with E-state index in [1.165, 1.54) is 71.4 Å². The summed E-state index contributed by atoms with van der Waals surface area (Å²) in [5, 5.41) is 0. The first-order chi connectivity index (χ1) is 8.43. The van der Waals surface area contributed by atoms with Crippen LogP contribution in [0, 0.1) is 0 Å². The van der Waals surface area contributed by atoms with Crippen molar-refractivity contribution in [3.05, 3.63) is 35.9 Å². The van der Waals surface area contributed by atoms with Crippen LogP contribution in [0.15, 0.2) is 30.3 Å². The zero-order valence-electron chi connectivity index (χ0n) is 11.3. The summed E-state index contributed by atoms with van der Waals surface area (Å²) in [6.07, 6.45) is 12.7. The third kappa shape index (κ3) is 8.38. The first-order valence-corrected chi connectivity index (χ1v) is 8.59. The van der Waals surface area contributed by atoms with Crippen molar-refractivity contribution in [1.29, 1.82) is 0 Å². The average molecular weight is 250 g/mol. The number of hydrogen-bond donors (Lipinski definition) is 0. The highest BCUT2D eigenvalue weighted by Gasteiger charge is 1.93. The second-order valence-corrected chi connectivity index (χ2v) is 6.25. The van der Waals surface area contributed by atoms with Gasteiger partial charge in [-0.05, 0) is 30.7 Å². The summed E-state index contributed by atoms with van der Waals surface area (Å²) in [5.41, 5.74) is 1.50. The standard InChI is InChI=1S/C16H27P/c1-2-3-4-5-6-10-14-17-15-13-16-11-8-7-9-12-16/h7-9,11-12,17H,2-6,10,13-15H2,1H3. The summed E-state index contributed by atoms with van der Waals surface area (Å²) in [6, 6.07) is 10.9. The van der Waals surface area contributed by atoms with Crippen molar-refractivity contribution in [2.75, 3.05) is 12.3 Å². The van der Waals surface area contributed by atoms with Gasteiger partial charge in [-0.3, -0.25) is 0 Å². The van der Waals surface area contributed by atoms with Crippen LogP contribution in [0.5, 0.6) is 0 Å². The second-order valence-electron chi connectivity index (χ2n) is 4.75. The van der Waals surface area contributed by atoms with Crippen molar-refractivity contribution in [3.63, 3.8) is 0 Å². The summed E-state index contributed by atoms with van der Waals surface area (Å²) in [4.78, 5) is 0. The van der Waals surface area contributed by atoms with Crippen LogP contribution in [0.1, 0.15) is 51.0 Å². The van der Waals surface area contributed by atoms with Crippen LogP contribution < -0.4 is 0 Å². The van der Waals surface area contributed by atoms with Gasteiger partial charge < -0.3 is 0 Å². The van der Waals surface area contributed by atoms with Gasteiger partial charge >= 0.3 is 0 Å². The van der Waals surface area contributed by atoms with E-state index in [4.69, 9.17) is 0 Å². The highest BCUT2D eigenvalue weighted by atomic mass is 31.1. The highest BCUT2D eigenvalue weighted by molar-refractivity contribution is 7.37. The zero-order valence-corrected chi connectivity index (χ0v) is 12.3. The van der Waals surface area contributed by atoms with Gasteiger partial charge in [0.1, 0.15) is 0 Å². The number of benzene rings is 1. The van der Waals surface area contributed by atoms with Gasteiger partial charge in [0.15, 0.2) is 0 Å². The van der Waals surface area contributed by atoms with Gasteiger partial charge in [-0.2, -0.15) is 0 Å². The van der Waals surface area contributed by atoms with Gasteiger partial charge in [0.05, 0.1) is 0 Å². The Bertz CT molecular complexity index is 255. The van der Waals surface area contributed by atoms with Crippen molar-refractivity contribution in [3.8, 4) is 0 Å². The lowest BCUT2D eigenvalue weighted by atomic mass is 10.1. The van der Waals surface area contributed by atoms with Gasteiger partial charge in [-0.25, -0.2) is 0 Å². The Kier molecular flexibility index (Phi) is 9.33. The molecule has 1 atom stereocenters. The first-order valence-electron chi connectivity index (χ1n) is 7.18. The van der Waals surface area contributed by atoms with E-state index in [1.807, 2.05) is 0 Å². The summed E-state index contributed by atoms with van der Waals surface area (Å²) in [6.45, 7) is 2.28. The number of aryl methyl sites for hydroxylation is 1. The van der Waals surface area contributed by atoms with Crippen LogP contribution in [0.2, 0.25) is 0 Å². The van der Waals surface area contributed by atoms with Gasteiger partial charge in [-0.15, -0.1) is 8.58 Å². The Labute approximate surface area is 109 Å². The molecular weight excluding hydrogens is 223 g/mol. The lowest BCUT2D eigenvalue weighted by Gasteiger charge is -2.03. The fourth-order valence-electron chi connectivity index (χ4n) is 2.03. The van der Waals surface area contributed by atoms with Gasteiger partial charge in [0.25, 0.3) is 0 Å². The minimum absolute atomic E-state index is 1.17. The van der Waals surface area contributed by atoms with E-state index in [1.54, 1.807) is 0 Å². The molecule has 1 aromatic carbocycles. The Morgan fingerprint density at radius 1 is 0.824 bits per heavy atom. The van der Waals surface area contributed by atoms with Crippen LogP contribution >= 0.6 is 8.58 Å². The fraction of sp³-hybridized carbons (Fsp3) is 0.625. The smallest absolute Gasteiger partial charge is 0.0242 e. The molecule has 0 saturated carbocycles. The van der Waals surface area contributed by atoms with E-state index in [-0.39, 0.29) is 0 Å². The number of hydrogen-bond acceptors (Lipinski definition) is 0. The van der Waals surface area contributed by atoms with E-state index >= 15 is 0 Å². The number of rotatable bonds is 10. The Morgan fingerprint density at radius 2 is 1.53 bits per heavy atom. The van der Waals surface area contributed by atoms with Crippen LogP contribution in [-0.4, -0.2) is 12.3 Å². The second kappa shape index (κ2) is 10.8. The topological polar surface area (TPSA) is 0 Å². The predicted molar refractivity (Wildman–Crippen MR) is 81.6 cm³/mol. The van der Waals surface area contributed by atoms with Crippen LogP contribution in [0.3, 0.4) is 0 Å². The molecule has 0 bridgehead atoms. The molecule has 0 aliphatic heterocycles. The van der Waals surface area contributed by atoms with Crippen molar-refractivity contribution < 1.29 is 0 Å². The Hall–Kier alpha value is -0.350. The molecule has 0 radical (unpaired) electrons. The molecule has 1 rings (SSSR count).